The first kappa shape index (κ1) is 25.4. The van der Waals surface area contributed by atoms with Crippen molar-refractivity contribution < 1.29 is 27.5 Å². The van der Waals surface area contributed by atoms with Crippen LogP contribution in [0.15, 0.2) is 42.5 Å². The van der Waals surface area contributed by atoms with Gasteiger partial charge in [-0.15, -0.1) is 0 Å². The Kier molecular flexibility index (Phi) is 7.76. The molecule has 0 spiro atoms. The van der Waals surface area contributed by atoms with E-state index in [2.05, 4.69) is 5.32 Å². The van der Waals surface area contributed by atoms with Gasteiger partial charge in [0.05, 0.1) is 11.4 Å². The molecule has 182 valence electrons. The number of amides is 1. The number of nitrogens with one attached hydrogen (secondary N) is 1. The predicted octanol–water partition coefficient (Wildman–Crippen LogP) is 2.89. The molecular weight excluding hydrogens is 456 g/mol. The summed E-state index contributed by atoms with van der Waals surface area (Å²) in [7, 11) is -3.37. The monoisotopic (exact) mass is 486 g/mol. The molecule has 1 heterocycles. The Morgan fingerprint density at radius 1 is 1.06 bits per heavy atom. The molecule has 0 radical (unpaired) electrons. The van der Waals surface area contributed by atoms with Gasteiger partial charge < -0.3 is 10.1 Å². The number of rotatable bonds is 9. The standard InChI is InChI=1S/C25H30N2O6S/c1-5-34(31,32)27-13-12-19-14-20(10-11-21(19)27)22(28)15-33-25(30)23(16(2)3)26-24(29)18-8-6-17(4)7-9-18/h6-11,14,16,23H,5,12-13,15H2,1-4H3,(H,26,29). The molecular formula is C25H30N2O6S. The number of carbonyl (C=O) groups excluding carboxylic acids is 3. The van der Waals surface area contributed by atoms with E-state index < -0.39 is 40.3 Å². The van der Waals surface area contributed by atoms with Crippen molar-refractivity contribution in [2.45, 2.75) is 40.2 Å². The summed E-state index contributed by atoms with van der Waals surface area (Å²) in [6.07, 6.45) is 0.510. The lowest BCUT2D eigenvalue weighted by atomic mass is 10.0. The average Bonchev–Trinajstić information content (AvgIpc) is 3.25. The first-order chi connectivity index (χ1) is 16.0. The van der Waals surface area contributed by atoms with Gasteiger partial charge in [-0.1, -0.05) is 31.5 Å². The maximum absolute atomic E-state index is 12.7. The zero-order valence-electron chi connectivity index (χ0n) is 19.8. The number of benzene rings is 2. The lowest BCUT2D eigenvalue weighted by molar-refractivity contribution is -0.145. The van der Waals surface area contributed by atoms with Crippen LogP contribution in [0, 0.1) is 12.8 Å². The summed E-state index contributed by atoms with van der Waals surface area (Å²) < 4.78 is 31.1. The summed E-state index contributed by atoms with van der Waals surface area (Å²) in [5.74, 6) is -1.73. The van der Waals surface area contributed by atoms with Gasteiger partial charge in [-0.3, -0.25) is 13.9 Å². The summed E-state index contributed by atoms with van der Waals surface area (Å²) >= 11 is 0. The summed E-state index contributed by atoms with van der Waals surface area (Å²) in [6.45, 7) is 6.93. The van der Waals surface area contributed by atoms with Gasteiger partial charge in [0, 0.05) is 17.7 Å². The lowest BCUT2D eigenvalue weighted by Crippen LogP contribution is -2.45. The van der Waals surface area contributed by atoms with E-state index >= 15 is 0 Å². The highest BCUT2D eigenvalue weighted by Gasteiger charge is 2.30. The molecule has 2 aromatic carbocycles. The number of carbonyl (C=O) groups is 3. The van der Waals surface area contributed by atoms with E-state index in [-0.39, 0.29) is 11.7 Å². The first-order valence-corrected chi connectivity index (χ1v) is 12.8. The van der Waals surface area contributed by atoms with Crippen molar-refractivity contribution in [3.05, 3.63) is 64.7 Å². The topological polar surface area (TPSA) is 110 Å². The summed E-state index contributed by atoms with van der Waals surface area (Å²) in [6, 6.07) is 10.9. The molecule has 1 unspecified atom stereocenters. The van der Waals surface area contributed by atoms with Crippen molar-refractivity contribution in [3.63, 3.8) is 0 Å². The number of fused-ring (bicyclic) bond motifs is 1. The number of aryl methyl sites for hydroxylation is 1. The largest absolute Gasteiger partial charge is 0.456 e. The zero-order chi connectivity index (χ0) is 25.0. The number of hydrogen-bond donors (Lipinski definition) is 1. The Balaban J connectivity index is 1.63. The first-order valence-electron chi connectivity index (χ1n) is 11.2. The normalized spacial score (nSPS) is 14.0. The van der Waals surface area contributed by atoms with Crippen LogP contribution in [0.4, 0.5) is 5.69 Å². The molecule has 8 nitrogen and oxygen atoms in total. The molecule has 2 aromatic rings. The van der Waals surface area contributed by atoms with E-state index in [0.29, 0.717) is 29.8 Å². The van der Waals surface area contributed by atoms with Crippen LogP contribution in [0.2, 0.25) is 0 Å². The van der Waals surface area contributed by atoms with Crippen molar-refractivity contribution in [2.75, 3.05) is 23.2 Å². The van der Waals surface area contributed by atoms with E-state index in [1.807, 2.05) is 19.1 Å². The quantitative estimate of drug-likeness (QED) is 0.431. The second kappa shape index (κ2) is 10.4. The second-order valence-electron chi connectivity index (χ2n) is 8.66. The maximum Gasteiger partial charge on any atom is 0.329 e. The molecule has 1 atom stereocenters. The molecule has 0 aliphatic carbocycles. The summed E-state index contributed by atoms with van der Waals surface area (Å²) in [5.41, 5.74) is 3.12. The molecule has 0 fully saturated rings. The third kappa shape index (κ3) is 5.64. The van der Waals surface area contributed by atoms with Crippen LogP contribution in [0.1, 0.15) is 52.6 Å². The average molecular weight is 487 g/mol. The van der Waals surface area contributed by atoms with E-state index in [1.165, 1.54) is 10.4 Å². The zero-order valence-corrected chi connectivity index (χ0v) is 20.6. The number of ether oxygens (including phenoxy) is 1. The predicted molar refractivity (Wildman–Crippen MR) is 130 cm³/mol. The number of Topliss-reactive ketones (excluding diaryl/α,β-unsaturated/α-hetero) is 1. The Morgan fingerprint density at radius 2 is 1.71 bits per heavy atom. The highest BCUT2D eigenvalue weighted by Crippen LogP contribution is 2.31. The fraction of sp³-hybridized carbons (Fsp3) is 0.400. The van der Waals surface area contributed by atoms with Gasteiger partial charge in [0.15, 0.2) is 12.4 Å². The molecule has 9 heteroatoms. The fourth-order valence-corrected chi connectivity index (χ4v) is 4.89. The highest BCUT2D eigenvalue weighted by atomic mass is 32.2. The van der Waals surface area contributed by atoms with Crippen LogP contribution < -0.4 is 9.62 Å². The van der Waals surface area contributed by atoms with Crippen molar-refractivity contribution >= 4 is 33.4 Å². The Labute approximate surface area is 200 Å². The Hall–Kier alpha value is -3.20. The van der Waals surface area contributed by atoms with Crippen molar-refractivity contribution in [1.29, 1.82) is 0 Å². The number of ketones is 1. The molecule has 0 saturated carbocycles. The SMILES string of the molecule is CCS(=O)(=O)N1CCc2cc(C(=O)COC(=O)C(NC(=O)c3ccc(C)cc3)C(C)C)ccc21. The van der Waals surface area contributed by atoms with Gasteiger partial charge in [0.25, 0.3) is 5.91 Å². The van der Waals surface area contributed by atoms with Gasteiger partial charge in [0.2, 0.25) is 10.0 Å². The Morgan fingerprint density at radius 3 is 2.32 bits per heavy atom. The van der Waals surface area contributed by atoms with Crippen LogP contribution in [-0.4, -0.2) is 51.0 Å². The molecule has 0 saturated heterocycles. The third-order valence-corrected chi connectivity index (χ3v) is 7.60. The van der Waals surface area contributed by atoms with E-state index in [0.717, 1.165) is 11.1 Å². The van der Waals surface area contributed by atoms with Gasteiger partial charge >= 0.3 is 5.97 Å². The molecule has 1 N–H and O–H groups in total. The van der Waals surface area contributed by atoms with Gasteiger partial charge in [-0.2, -0.15) is 0 Å². The minimum absolute atomic E-state index is 0.000539. The lowest BCUT2D eigenvalue weighted by Gasteiger charge is -2.21. The highest BCUT2D eigenvalue weighted by molar-refractivity contribution is 7.92. The molecule has 1 aliphatic rings. The molecule has 0 bridgehead atoms. The van der Waals surface area contributed by atoms with E-state index in [9.17, 15) is 22.8 Å². The van der Waals surface area contributed by atoms with E-state index in [4.69, 9.17) is 4.74 Å². The van der Waals surface area contributed by atoms with Gasteiger partial charge in [0.1, 0.15) is 6.04 Å². The molecule has 34 heavy (non-hydrogen) atoms. The second-order valence-corrected chi connectivity index (χ2v) is 10.8. The molecule has 1 aliphatic heterocycles. The smallest absolute Gasteiger partial charge is 0.329 e. The fourth-order valence-electron chi connectivity index (χ4n) is 3.73. The van der Waals surface area contributed by atoms with Crippen molar-refractivity contribution in [1.82, 2.24) is 5.32 Å². The maximum atomic E-state index is 12.7. The summed E-state index contributed by atoms with van der Waals surface area (Å²) in [5, 5.41) is 2.69. The number of nitrogens with zero attached hydrogens (tertiary/aromatic N) is 1. The van der Waals surface area contributed by atoms with Crippen molar-refractivity contribution in [2.24, 2.45) is 5.92 Å². The molecule has 3 rings (SSSR count). The van der Waals surface area contributed by atoms with Crippen LogP contribution in [0.5, 0.6) is 0 Å². The van der Waals surface area contributed by atoms with Crippen LogP contribution >= 0.6 is 0 Å². The minimum atomic E-state index is -3.37. The van der Waals surface area contributed by atoms with E-state index in [1.54, 1.807) is 45.0 Å². The van der Waals surface area contributed by atoms with Gasteiger partial charge in [-0.05, 0) is 62.1 Å². The third-order valence-electron chi connectivity index (χ3n) is 5.82. The number of hydrogen-bond acceptors (Lipinski definition) is 6. The molecule has 1 amide bonds. The van der Waals surface area contributed by atoms with Crippen LogP contribution in [-0.2, 0) is 26.0 Å². The Bertz CT molecular complexity index is 1190. The van der Waals surface area contributed by atoms with Crippen LogP contribution in [0.25, 0.3) is 0 Å². The molecule has 0 aromatic heterocycles. The number of anilines is 1. The van der Waals surface area contributed by atoms with Crippen LogP contribution in [0.3, 0.4) is 0 Å². The minimum Gasteiger partial charge on any atom is -0.456 e. The van der Waals surface area contributed by atoms with Gasteiger partial charge in [-0.25, -0.2) is 13.2 Å². The van der Waals surface area contributed by atoms with Crippen molar-refractivity contribution in [3.8, 4) is 0 Å². The number of sulfonamides is 1. The number of esters is 1. The summed E-state index contributed by atoms with van der Waals surface area (Å²) in [4.78, 5) is 37.8.